The van der Waals surface area contributed by atoms with E-state index in [1.165, 1.54) is 22.5 Å². The smallest absolute Gasteiger partial charge is 0.295 e. The summed E-state index contributed by atoms with van der Waals surface area (Å²) in [6, 6.07) is 26.1. The number of nitrogens with one attached hydrogen (secondary N) is 2. The molecule has 212 valence electrons. The predicted octanol–water partition coefficient (Wildman–Crippen LogP) is 4.66. The quantitative estimate of drug-likeness (QED) is 0.194. The van der Waals surface area contributed by atoms with Crippen molar-refractivity contribution in [2.75, 3.05) is 16.4 Å². The van der Waals surface area contributed by atoms with Crippen molar-refractivity contribution in [2.45, 2.75) is 12.1 Å². The standard InChI is InChI=1S/C31H29N7O3S/c1-21-28(30(41)38(37(21)3)25-12-8-5-9-13-25)33-27(40)20-42-31-35-34-29(36(31)2)23-15-17-24(18-16-23)32-26(39)19-14-22-10-6-4-7-11-22/h4-19H,20H2,1-3H3,(H,32,39)(H,33,40). The fourth-order valence-electron chi connectivity index (χ4n) is 4.33. The van der Waals surface area contributed by atoms with Gasteiger partial charge in [-0.15, -0.1) is 10.2 Å². The van der Waals surface area contributed by atoms with E-state index < -0.39 is 0 Å². The van der Waals surface area contributed by atoms with Gasteiger partial charge >= 0.3 is 0 Å². The lowest BCUT2D eigenvalue weighted by atomic mass is 10.2. The van der Waals surface area contributed by atoms with Gasteiger partial charge in [-0.25, -0.2) is 4.68 Å². The minimum Gasteiger partial charge on any atom is -0.323 e. The highest BCUT2D eigenvalue weighted by molar-refractivity contribution is 7.99. The molecule has 3 aromatic carbocycles. The molecule has 0 saturated heterocycles. The average Bonchev–Trinajstić information content (AvgIpc) is 3.47. The molecule has 42 heavy (non-hydrogen) atoms. The molecule has 2 heterocycles. The maximum Gasteiger partial charge on any atom is 0.295 e. The molecule has 0 bridgehead atoms. The van der Waals surface area contributed by atoms with E-state index in [0.717, 1.165) is 11.1 Å². The van der Waals surface area contributed by atoms with Crippen molar-refractivity contribution < 1.29 is 9.59 Å². The maximum absolute atomic E-state index is 13.1. The van der Waals surface area contributed by atoms with Crippen molar-refractivity contribution >= 4 is 41.0 Å². The van der Waals surface area contributed by atoms with Crippen molar-refractivity contribution in [1.29, 1.82) is 0 Å². The molecule has 0 aliphatic heterocycles. The van der Waals surface area contributed by atoms with Gasteiger partial charge in [0.15, 0.2) is 11.0 Å². The summed E-state index contributed by atoms with van der Waals surface area (Å²) in [5.41, 5.74) is 3.71. The summed E-state index contributed by atoms with van der Waals surface area (Å²) in [5, 5.41) is 14.7. The molecule has 0 spiro atoms. The zero-order chi connectivity index (χ0) is 29.6. The summed E-state index contributed by atoms with van der Waals surface area (Å²) in [7, 11) is 3.60. The van der Waals surface area contributed by atoms with E-state index in [0.29, 0.717) is 28.0 Å². The van der Waals surface area contributed by atoms with Gasteiger partial charge in [0, 0.05) is 31.4 Å². The molecular formula is C31H29N7O3S. The first kappa shape index (κ1) is 28.4. The molecule has 2 aromatic heterocycles. The second-order valence-corrected chi connectivity index (χ2v) is 10.4. The highest BCUT2D eigenvalue weighted by Crippen LogP contribution is 2.24. The van der Waals surface area contributed by atoms with E-state index >= 15 is 0 Å². The minimum absolute atomic E-state index is 0.0482. The average molecular weight is 580 g/mol. The monoisotopic (exact) mass is 579 g/mol. The van der Waals surface area contributed by atoms with Crippen molar-refractivity contribution in [2.24, 2.45) is 14.1 Å². The van der Waals surface area contributed by atoms with Crippen molar-refractivity contribution in [1.82, 2.24) is 24.1 Å². The third-order valence-corrected chi connectivity index (χ3v) is 7.64. The highest BCUT2D eigenvalue weighted by Gasteiger charge is 2.19. The molecule has 0 fully saturated rings. The van der Waals surface area contributed by atoms with Crippen molar-refractivity contribution in [3.05, 3.63) is 113 Å². The van der Waals surface area contributed by atoms with Crippen LogP contribution in [-0.2, 0) is 23.7 Å². The van der Waals surface area contributed by atoms with Crippen LogP contribution in [0.25, 0.3) is 23.2 Å². The Morgan fingerprint density at radius 1 is 0.881 bits per heavy atom. The van der Waals surface area contributed by atoms with Gasteiger partial charge < -0.3 is 15.2 Å². The Hall–Kier alpha value is -5.16. The topological polar surface area (TPSA) is 116 Å². The van der Waals surface area contributed by atoms with Crippen LogP contribution in [0.1, 0.15) is 11.3 Å². The van der Waals surface area contributed by atoms with Crippen LogP contribution in [0.15, 0.2) is 101 Å². The van der Waals surface area contributed by atoms with Crippen molar-refractivity contribution in [3.63, 3.8) is 0 Å². The van der Waals surface area contributed by atoms with Gasteiger partial charge in [0.05, 0.1) is 17.1 Å². The SMILES string of the molecule is Cc1c(NC(=O)CSc2nnc(-c3ccc(NC(=O)C=Cc4ccccc4)cc3)n2C)c(=O)n(-c2ccccc2)n1C. The van der Waals surface area contributed by atoms with Crippen LogP contribution in [0.2, 0.25) is 0 Å². The van der Waals surface area contributed by atoms with Gasteiger partial charge in [0.1, 0.15) is 5.69 Å². The lowest BCUT2D eigenvalue weighted by Gasteiger charge is -2.07. The number of anilines is 2. The summed E-state index contributed by atoms with van der Waals surface area (Å²) < 4.78 is 5.03. The van der Waals surface area contributed by atoms with E-state index in [9.17, 15) is 14.4 Å². The molecule has 2 amide bonds. The van der Waals surface area contributed by atoms with Gasteiger partial charge in [-0.2, -0.15) is 0 Å². The van der Waals surface area contributed by atoms with Crippen molar-refractivity contribution in [3.8, 4) is 17.1 Å². The zero-order valence-corrected chi connectivity index (χ0v) is 24.1. The van der Waals surface area contributed by atoms with E-state index in [4.69, 9.17) is 0 Å². The van der Waals surface area contributed by atoms with Crippen LogP contribution < -0.4 is 16.2 Å². The summed E-state index contributed by atoms with van der Waals surface area (Å²) in [6.07, 6.45) is 3.24. The van der Waals surface area contributed by atoms with E-state index in [1.807, 2.05) is 79.8 Å². The molecular weight excluding hydrogens is 550 g/mol. The lowest BCUT2D eigenvalue weighted by molar-refractivity contribution is -0.114. The predicted molar refractivity (Wildman–Crippen MR) is 166 cm³/mol. The van der Waals surface area contributed by atoms with Gasteiger partial charge in [0.25, 0.3) is 5.56 Å². The van der Waals surface area contributed by atoms with Gasteiger partial charge in [-0.1, -0.05) is 60.3 Å². The molecule has 0 aliphatic rings. The molecule has 0 atom stereocenters. The van der Waals surface area contributed by atoms with Crippen LogP contribution in [0.4, 0.5) is 11.4 Å². The number of benzene rings is 3. The van der Waals surface area contributed by atoms with Crippen LogP contribution in [0.3, 0.4) is 0 Å². The van der Waals surface area contributed by atoms with E-state index in [-0.39, 0.29) is 28.8 Å². The summed E-state index contributed by atoms with van der Waals surface area (Å²) in [6.45, 7) is 1.79. The third-order valence-electron chi connectivity index (χ3n) is 6.62. The molecule has 0 unspecified atom stereocenters. The normalized spacial score (nSPS) is 11.1. The van der Waals surface area contributed by atoms with Crippen LogP contribution in [0.5, 0.6) is 0 Å². The molecule has 5 aromatic rings. The lowest BCUT2D eigenvalue weighted by Crippen LogP contribution is -2.23. The Labute approximate surface area is 246 Å². The number of carbonyl (C=O) groups is 2. The molecule has 0 aliphatic carbocycles. The molecule has 0 radical (unpaired) electrons. The fraction of sp³-hybridized carbons (Fsp3) is 0.129. The number of para-hydroxylation sites is 1. The summed E-state index contributed by atoms with van der Waals surface area (Å²) >= 11 is 1.22. The van der Waals surface area contributed by atoms with Crippen LogP contribution in [-0.4, -0.2) is 41.7 Å². The van der Waals surface area contributed by atoms with Gasteiger partial charge in [-0.3, -0.25) is 19.1 Å². The number of aromatic nitrogens is 5. The number of thioether (sulfide) groups is 1. The first-order valence-electron chi connectivity index (χ1n) is 13.1. The molecule has 0 saturated carbocycles. The summed E-state index contributed by atoms with van der Waals surface area (Å²) in [5.74, 6) is 0.111. The first-order valence-corrected chi connectivity index (χ1v) is 14.1. The Kier molecular flexibility index (Phi) is 8.49. The number of hydrogen-bond acceptors (Lipinski definition) is 6. The number of rotatable bonds is 9. The maximum atomic E-state index is 13.1. The first-order chi connectivity index (χ1) is 20.3. The van der Waals surface area contributed by atoms with E-state index in [1.54, 1.807) is 41.4 Å². The Morgan fingerprint density at radius 3 is 2.24 bits per heavy atom. The Bertz CT molecular complexity index is 1810. The van der Waals surface area contributed by atoms with Gasteiger partial charge in [0.2, 0.25) is 11.8 Å². The Balaban J connectivity index is 1.20. The molecule has 10 nitrogen and oxygen atoms in total. The zero-order valence-electron chi connectivity index (χ0n) is 23.3. The molecule has 2 N–H and O–H groups in total. The molecule has 11 heteroatoms. The second-order valence-electron chi connectivity index (χ2n) is 9.45. The second kappa shape index (κ2) is 12.6. The van der Waals surface area contributed by atoms with Crippen LogP contribution >= 0.6 is 11.8 Å². The molecule has 5 rings (SSSR count). The Morgan fingerprint density at radius 2 is 1.55 bits per heavy atom. The third kappa shape index (κ3) is 6.26. The van der Waals surface area contributed by atoms with E-state index in [2.05, 4.69) is 20.8 Å². The van der Waals surface area contributed by atoms with Gasteiger partial charge in [-0.05, 0) is 55.0 Å². The number of hydrogen-bond donors (Lipinski definition) is 2. The highest BCUT2D eigenvalue weighted by atomic mass is 32.2. The number of nitrogens with zero attached hydrogens (tertiary/aromatic N) is 5. The summed E-state index contributed by atoms with van der Waals surface area (Å²) in [4.78, 5) is 38.2. The number of carbonyl (C=O) groups excluding carboxylic acids is 2. The van der Waals surface area contributed by atoms with Crippen LogP contribution in [0, 0.1) is 6.92 Å². The number of amides is 2. The minimum atomic E-state index is -0.322. The largest absolute Gasteiger partial charge is 0.323 e. The fourth-order valence-corrected chi connectivity index (χ4v) is 5.04.